The van der Waals surface area contributed by atoms with Crippen molar-refractivity contribution in [1.82, 2.24) is 4.98 Å². The predicted octanol–water partition coefficient (Wildman–Crippen LogP) is 3.69. The van der Waals surface area contributed by atoms with Crippen LogP contribution in [0.15, 0.2) is 48.5 Å². The van der Waals surface area contributed by atoms with Crippen molar-refractivity contribution < 1.29 is 4.39 Å². The van der Waals surface area contributed by atoms with E-state index < -0.39 is 5.82 Å². The Morgan fingerprint density at radius 1 is 1.00 bits per heavy atom. The lowest BCUT2D eigenvalue weighted by atomic mass is 10.1. The number of nitrogens with zero attached hydrogens (tertiary/aromatic N) is 2. The first-order chi connectivity index (χ1) is 10.0. The SMILES string of the molecule is CN(C)c1ccc2nc(-c3ccc(N)c(F)c3)ccc2c1. The molecule has 3 rings (SSSR count). The smallest absolute Gasteiger partial charge is 0.146 e. The van der Waals surface area contributed by atoms with Crippen molar-refractivity contribution in [2.75, 3.05) is 24.7 Å². The molecule has 0 spiro atoms. The molecule has 0 atom stereocenters. The van der Waals surface area contributed by atoms with Crippen LogP contribution in [0.25, 0.3) is 22.2 Å². The van der Waals surface area contributed by atoms with Gasteiger partial charge in [0, 0.05) is 30.7 Å². The van der Waals surface area contributed by atoms with Gasteiger partial charge in [-0.25, -0.2) is 9.37 Å². The Kier molecular flexibility index (Phi) is 3.22. The zero-order chi connectivity index (χ0) is 15.0. The quantitative estimate of drug-likeness (QED) is 0.728. The van der Waals surface area contributed by atoms with E-state index in [1.807, 2.05) is 43.3 Å². The number of fused-ring (bicyclic) bond motifs is 1. The summed E-state index contributed by atoms with van der Waals surface area (Å²) in [5, 5.41) is 1.06. The van der Waals surface area contributed by atoms with E-state index in [1.165, 1.54) is 6.07 Å². The maximum Gasteiger partial charge on any atom is 0.146 e. The van der Waals surface area contributed by atoms with Crippen molar-refractivity contribution in [2.45, 2.75) is 0 Å². The summed E-state index contributed by atoms with van der Waals surface area (Å²) in [6, 6.07) is 14.7. The number of rotatable bonds is 2. The van der Waals surface area contributed by atoms with E-state index in [2.05, 4.69) is 11.1 Å². The average molecular weight is 281 g/mol. The lowest BCUT2D eigenvalue weighted by molar-refractivity contribution is 0.633. The normalized spacial score (nSPS) is 10.8. The summed E-state index contributed by atoms with van der Waals surface area (Å²) >= 11 is 0. The van der Waals surface area contributed by atoms with E-state index in [0.717, 1.165) is 27.8 Å². The summed E-state index contributed by atoms with van der Waals surface area (Å²) < 4.78 is 13.6. The van der Waals surface area contributed by atoms with Gasteiger partial charge in [0.25, 0.3) is 0 Å². The summed E-state index contributed by atoms with van der Waals surface area (Å²) in [7, 11) is 4.00. The molecule has 0 aliphatic rings. The van der Waals surface area contributed by atoms with Gasteiger partial charge in [-0.2, -0.15) is 0 Å². The van der Waals surface area contributed by atoms with E-state index in [4.69, 9.17) is 5.73 Å². The van der Waals surface area contributed by atoms with Crippen LogP contribution in [-0.4, -0.2) is 19.1 Å². The zero-order valence-corrected chi connectivity index (χ0v) is 12.0. The van der Waals surface area contributed by atoms with Crippen molar-refractivity contribution in [3.63, 3.8) is 0 Å². The Bertz CT molecular complexity index is 812. The number of halogens is 1. The highest BCUT2D eigenvalue weighted by molar-refractivity contribution is 5.85. The maximum absolute atomic E-state index is 13.6. The van der Waals surface area contributed by atoms with Crippen molar-refractivity contribution in [1.29, 1.82) is 0 Å². The third-order valence-corrected chi connectivity index (χ3v) is 3.49. The van der Waals surface area contributed by atoms with Crippen LogP contribution in [0.2, 0.25) is 0 Å². The molecule has 1 aromatic heterocycles. The number of hydrogen-bond donors (Lipinski definition) is 1. The fraction of sp³-hybridized carbons (Fsp3) is 0.118. The molecule has 0 fully saturated rings. The standard InChI is InChI=1S/C17H16FN3/c1-21(2)13-5-8-17-11(9-13)4-7-16(20-17)12-3-6-15(19)14(18)10-12/h3-10H,19H2,1-2H3. The molecule has 0 bridgehead atoms. The van der Waals surface area contributed by atoms with Crippen LogP contribution >= 0.6 is 0 Å². The van der Waals surface area contributed by atoms with Crippen LogP contribution in [0.4, 0.5) is 15.8 Å². The van der Waals surface area contributed by atoms with E-state index in [-0.39, 0.29) is 5.69 Å². The highest BCUT2D eigenvalue weighted by atomic mass is 19.1. The highest BCUT2D eigenvalue weighted by Gasteiger charge is 2.06. The second-order valence-corrected chi connectivity index (χ2v) is 5.20. The molecule has 1 heterocycles. The molecule has 3 aromatic rings. The van der Waals surface area contributed by atoms with Crippen LogP contribution in [0, 0.1) is 5.82 Å². The third kappa shape index (κ3) is 2.52. The largest absolute Gasteiger partial charge is 0.396 e. The third-order valence-electron chi connectivity index (χ3n) is 3.49. The lowest BCUT2D eigenvalue weighted by Crippen LogP contribution is -2.08. The molecular formula is C17H16FN3. The molecule has 3 nitrogen and oxygen atoms in total. The molecule has 0 saturated heterocycles. The summed E-state index contributed by atoms with van der Waals surface area (Å²) in [5.41, 5.74) is 9.11. The van der Waals surface area contributed by atoms with Crippen molar-refractivity contribution >= 4 is 22.3 Å². The van der Waals surface area contributed by atoms with Crippen LogP contribution in [0.3, 0.4) is 0 Å². The Morgan fingerprint density at radius 3 is 2.52 bits per heavy atom. The van der Waals surface area contributed by atoms with Gasteiger partial charge in [-0.05, 0) is 36.4 Å². The number of anilines is 2. The number of hydrogen-bond acceptors (Lipinski definition) is 3. The average Bonchev–Trinajstić information content (AvgIpc) is 2.49. The van der Waals surface area contributed by atoms with Gasteiger partial charge in [-0.15, -0.1) is 0 Å². The Morgan fingerprint density at radius 2 is 1.81 bits per heavy atom. The van der Waals surface area contributed by atoms with Gasteiger partial charge in [0.15, 0.2) is 0 Å². The number of benzene rings is 2. The minimum atomic E-state index is -0.419. The van der Waals surface area contributed by atoms with Gasteiger partial charge in [0.1, 0.15) is 5.82 Å². The number of nitrogen functional groups attached to an aromatic ring is 1. The first kappa shape index (κ1) is 13.4. The first-order valence-electron chi connectivity index (χ1n) is 6.68. The first-order valence-corrected chi connectivity index (χ1v) is 6.68. The second-order valence-electron chi connectivity index (χ2n) is 5.20. The Labute approximate surface area is 122 Å². The minimum Gasteiger partial charge on any atom is -0.396 e. The summed E-state index contributed by atoms with van der Waals surface area (Å²) in [6.45, 7) is 0. The fourth-order valence-electron chi connectivity index (χ4n) is 2.24. The maximum atomic E-state index is 13.6. The topological polar surface area (TPSA) is 42.2 Å². The molecule has 2 N–H and O–H groups in total. The van der Waals surface area contributed by atoms with Gasteiger partial charge >= 0.3 is 0 Å². The van der Waals surface area contributed by atoms with Crippen LogP contribution < -0.4 is 10.6 Å². The van der Waals surface area contributed by atoms with Crippen molar-refractivity contribution in [3.8, 4) is 11.3 Å². The van der Waals surface area contributed by atoms with Crippen LogP contribution in [0.1, 0.15) is 0 Å². The van der Waals surface area contributed by atoms with Crippen molar-refractivity contribution in [2.24, 2.45) is 0 Å². The number of pyridine rings is 1. The van der Waals surface area contributed by atoms with Crippen LogP contribution in [0.5, 0.6) is 0 Å². The minimum absolute atomic E-state index is 0.148. The summed E-state index contributed by atoms with van der Waals surface area (Å²) in [6.07, 6.45) is 0. The van der Waals surface area contributed by atoms with Gasteiger partial charge in [0.2, 0.25) is 0 Å². The van der Waals surface area contributed by atoms with Gasteiger partial charge < -0.3 is 10.6 Å². The number of aromatic nitrogens is 1. The number of nitrogens with two attached hydrogens (primary N) is 1. The lowest BCUT2D eigenvalue weighted by Gasteiger charge is -2.13. The van der Waals surface area contributed by atoms with E-state index in [9.17, 15) is 4.39 Å². The Balaban J connectivity index is 2.08. The van der Waals surface area contributed by atoms with Gasteiger partial charge in [-0.3, -0.25) is 0 Å². The molecule has 0 saturated carbocycles. The molecule has 0 amide bonds. The molecule has 0 aliphatic heterocycles. The fourth-order valence-corrected chi connectivity index (χ4v) is 2.24. The highest BCUT2D eigenvalue weighted by Crippen LogP contribution is 2.25. The molecular weight excluding hydrogens is 265 g/mol. The van der Waals surface area contributed by atoms with Crippen molar-refractivity contribution in [3.05, 3.63) is 54.3 Å². The van der Waals surface area contributed by atoms with E-state index >= 15 is 0 Å². The van der Waals surface area contributed by atoms with Crippen LogP contribution in [-0.2, 0) is 0 Å². The molecule has 0 aliphatic carbocycles. The summed E-state index contributed by atoms with van der Waals surface area (Å²) in [4.78, 5) is 6.64. The van der Waals surface area contributed by atoms with E-state index in [0.29, 0.717) is 0 Å². The van der Waals surface area contributed by atoms with E-state index in [1.54, 1.807) is 12.1 Å². The molecule has 0 radical (unpaired) electrons. The zero-order valence-electron chi connectivity index (χ0n) is 12.0. The second kappa shape index (κ2) is 5.05. The molecule has 106 valence electrons. The Hall–Kier alpha value is -2.62. The monoisotopic (exact) mass is 281 g/mol. The summed E-state index contributed by atoms with van der Waals surface area (Å²) in [5.74, 6) is -0.419. The molecule has 0 unspecified atom stereocenters. The molecule has 2 aromatic carbocycles. The molecule has 21 heavy (non-hydrogen) atoms. The van der Waals surface area contributed by atoms with Gasteiger partial charge in [0.05, 0.1) is 16.9 Å². The predicted molar refractivity (Wildman–Crippen MR) is 85.9 cm³/mol. The molecule has 4 heteroatoms. The van der Waals surface area contributed by atoms with Gasteiger partial charge in [-0.1, -0.05) is 12.1 Å².